The van der Waals surface area contributed by atoms with Crippen LogP contribution in [0.3, 0.4) is 0 Å². The van der Waals surface area contributed by atoms with Crippen LogP contribution in [0.25, 0.3) is 11.2 Å². The zero-order chi connectivity index (χ0) is 16.5. The summed E-state index contributed by atoms with van der Waals surface area (Å²) in [5.74, 6) is 0.724. The summed E-state index contributed by atoms with van der Waals surface area (Å²) in [6.45, 7) is 2.00. The first-order valence-corrected chi connectivity index (χ1v) is 7.58. The Morgan fingerprint density at radius 1 is 1.17 bits per heavy atom. The fraction of sp³-hybridized carbons (Fsp3) is 0.188. The first-order chi connectivity index (χ1) is 11.7. The number of hydrazone groups is 1. The molecule has 4 rings (SSSR count). The number of hydrogen-bond donors (Lipinski definition) is 3. The topological polar surface area (TPSA) is 108 Å². The van der Waals surface area contributed by atoms with Crippen molar-refractivity contribution in [2.24, 2.45) is 11.0 Å². The van der Waals surface area contributed by atoms with Crippen LogP contribution in [0.15, 0.2) is 42.0 Å². The van der Waals surface area contributed by atoms with Gasteiger partial charge >= 0.3 is 0 Å². The second-order valence-electron chi connectivity index (χ2n) is 5.66. The van der Waals surface area contributed by atoms with E-state index in [-0.39, 0.29) is 11.8 Å². The molecule has 1 aromatic carbocycles. The summed E-state index contributed by atoms with van der Waals surface area (Å²) in [5.41, 5.74) is 6.68. The monoisotopic (exact) mass is 321 g/mol. The molecule has 0 radical (unpaired) electrons. The van der Waals surface area contributed by atoms with E-state index in [1.807, 2.05) is 31.2 Å². The number of hydrogen-bond acceptors (Lipinski definition) is 6. The normalized spacial score (nSPS) is 17.5. The van der Waals surface area contributed by atoms with Crippen LogP contribution in [-0.4, -0.2) is 31.6 Å². The summed E-state index contributed by atoms with van der Waals surface area (Å²) < 4.78 is 0. The number of benzene rings is 1. The number of aromatic amines is 1. The molecule has 24 heavy (non-hydrogen) atoms. The van der Waals surface area contributed by atoms with E-state index in [0.717, 1.165) is 22.5 Å². The number of nitrogens with one attached hydrogen (secondary N) is 3. The highest BCUT2D eigenvalue weighted by Crippen LogP contribution is 2.22. The van der Waals surface area contributed by atoms with Gasteiger partial charge in [-0.15, -0.1) is 0 Å². The molecule has 1 aliphatic rings. The number of aromatic nitrogens is 4. The molecule has 8 heteroatoms. The van der Waals surface area contributed by atoms with Crippen molar-refractivity contribution in [3.05, 3.63) is 42.5 Å². The Morgan fingerprint density at radius 3 is 2.79 bits per heavy atom. The minimum atomic E-state index is -0.0446. The molecule has 1 amide bonds. The minimum absolute atomic E-state index is 0.0446. The van der Waals surface area contributed by atoms with Crippen LogP contribution in [0.2, 0.25) is 0 Å². The van der Waals surface area contributed by atoms with Gasteiger partial charge in [-0.3, -0.25) is 4.79 Å². The lowest BCUT2D eigenvalue weighted by Gasteiger charge is -2.19. The average molecular weight is 321 g/mol. The first kappa shape index (κ1) is 14.3. The van der Waals surface area contributed by atoms with E-state index in [4.69, 9.17) is 0 Å². The Morgan fingerprint density at radius 2 is 2.00 bits per heavy atom. The molecule has 0 saturated heterocycles. The zero-order valence-corrected chi connectivity index (χ0v) is 12.9. The SMILES string of the molecule is CC1CC(=O)NN=C1c1ccc(Nc2ncnc3nc[nH]c23)cc1. The lowest BCUT2D eigenvalue weighted by Crippen LogP contribution is -2.31. The number of carbonyl (C=O) groups excluding carboxylic acids is 1. The van der Waals surface area contributed by atoms with Gasteiger partial charge < -0.3 is 10.3 Å². The van der Waals surface area contributed by atoms with Crippen molar-refractivity contribution in [3.8, 4) is 0 Å². The summed E-state index contributed by atoms with van der Waals surface area (Å²) in [7, 11) is 0. The molecule has 0 fully saturated rings. The lowest BCUT2D eigenvalue weighted by atomic mass is 9.94. The maximum atomic E-state index is 11.3. The fourth-order valence-electron chi connectivity index (χ4n) is 2.72. The molecule has 3 N–H and O–H groups in total. The quantitative estimate of drug-likeness (QED) is 0.683. The van der Waals surface area contributed by atoms with Crippen molar-refractivity contribution < 1.29 is 4.79 Å². The number of carbonyl (C=O) groups is 1. The van der Waals surface area contributed by atoms with E-state index in [2.05, 4.69) is 35.8 Å². The maximum absolute atomic E-state index is 11.3. The number of fused-ring (bicyclic) bond motifs is 1. The Bertz CT molecular complexity index is 929. The van der Waals surface area contributed by atoms with Crippen LogP contribution in [0.4, 0.5) is 11.5 Å². The molecule has 0 spiro atoms. The molecule has 1 aliphatic heterocycles. The molecule has 0 aliphatic carbocycles. The molecule has 3 aromatic rings. The zero-order valence-electron chi connectivity index (χ0n) is 12.9. The molecular formula is C16H15N7O. The number of H-pyrrole nitrogens is 1. The lowest BCUT2D eigenvalue weighted by molar-refractivity contribution is -0.121. The second kappa shape index (κ2) is 5.73. The summed E-state index contributed by atoms with van der Waals surface area (Å²) in [6, 6.07) is 7.84. The third-order valence-corrected chi connectivity index (χ3v) is 3.93. The standard InChI is InChI=1S/C16H15N7O/c1-9-6-12(24)22-23-13(9)10-2-4-11(5-3-10)21-16-14-15(18-7-17-14)19-8-20-16/h2-5,7-9H,6H2,1H3,(H,22,24)(H2,17,18,19,20,21). The van der Waals surface area contributed by atoms with Crippen molar-refractivity contribution in [1.29, 1.82) is 0 Å². The highest BCUT2D eigenvalue weighted by molar-refractivity contribution is 6.05. The molecule has 3 heterocycles. The smallest absolute Gasteiger partial charge is 0.240 e. The Kier molecular flexibility index (Phi) is 3.42. The van der Waals surface area contributed by atoms with E-state index in [1.54, 1.807) is 6.33 Å². The van der Waals surface area contributed by atoms with Gasteiger partial charge in [0.1, 0.15) is 11.8 Å². The summed E-state index contributed by atoms with van der Waals surface area (Å²) >= 11 is 0. The van der Waals surface area contributed by atoms with Gasteiger partial charge in [0, 0.05) is 18.0 Å². The molecule has 8 nitrogen and oxygen atoms in total. The Labute approximate surface area is 137 Å². The number of rotatable bonds is 3. The van der Waals surface area contributed by atoms with Crippen LogP contribution < -0.4 is 10.7 Å². The largest absolute Gasteiger partial charge is 0.340 e. The number of nitrogens with zero attached hydrogens (tertiary/aromatic N) is 4. The van der Waals surface area contributed by atoms with Gasteiger partial charge in [0.15, 0.2) is 11.5 Å². The molecule has 0 saturated carbocycles. The Hall–Kier alpha value is -3.29. The maximum Gasteiger partial charge on any atom is 0.240 e. The van der Waals surface area contributed by atoms with Gasteiger partial charge in [0.2, 0.25) is 5.91 Å². The molecule has 1 unspecified atom stereocenters. The molecular weight excluding hydrogens is 306 g/mol. The van der Waals surface area contributed by atoms with Crippen molar-refractivity contribution in [2.75, 3.05) is 5.32 Å². The van der Waals surface area contributed by atoms with Crippen LogP contribution in [0.5, 0.6) is 0 Å². The molecule has 0 bridgehead atoms. The highest BCUT2D eigenvalue weighted by Gasteiger charge is 2.21. The minimum Gasteiger partial charge on any atom is -0.340 e. The van der Waals surface area contributed by atoms with Crippen LogP contribution in [0, 0.1) is 5.92 Å². The number of anilines is 2. The van der Waals surface area contributed by atoms with Crippen molar-refractivity contribution in [1.82, 2.24) is 25.4 Å². The molecule has 2 aromatic heterocycles. The molecule has 1 atom stereocenters. The van der Waals surface area contributed by atoms with Gasteiger partial charge in [0.25, 0.3) is 0 Å². The Balaban J connectivity index is 1.58. The fourth-order valence-corrected chi connectivity index (χ4v) is 2.72. The van der Waals surface area contributed by atoms with Crippen LogP contribution in [0.1, 0.15) is 18.9 Å². The summed E-state index contributed by atoms with van der Waals surface area (Å²) in [5, 5.41) is 7.42. The highest BCUT2D eigenvalue weighted by atomic mass is 16.2. The summed E-state index contributed by atoms with van der Waals surface area (Å²) in [6.07, 6.45) is 3.52. The predicted octanol–water partition coefficient (Wildman–Crippen LogP) is 1.96. The van der Waals surface area contributed by atoms with E-state index in [1.165, 1.54) is 6.33 Å². The molecule has 120 valence electrons. The van der Waals surface area contributed by atoms with Crippen molar-refractivity contribution in [2.45, 2.75) is 13.3 Å². The predicted molar refractivity (Wildman–Crippen MR) is 89.9 cm³/mol. The third-order valence-electron chi connectivity index (χ3n) is 3.93. The number of imidazole rings is 1. The average Bonchev–Trinajstić information content (AvgIpc) is 3.06. The van der Waals surface area contributed by atoms with Gasteiger partial charge in [-0.25, -0.2) is 20.4 Å². The van der Waals surface area contributed by atoms with E-state index >= 15 is 0 Å². The summed E-state index contributed by atoms with van der Waals surface area (Å²) in [4.78, 5) is 26.8. The third kappa shape index (κ3) is 2.58. The van der Waals surface area contributed by atoms with Crippen LogP contribution >= 0.6 is 0 Å². The van der Waals surface area contributed by atoms with Crippen molar-refractivity contribution >= 4 is 34.3 Å². The second-order valence-corrected chi connectivity index (χ2v) is 5.66. The van der Waals surface area contributed by atoms with Crippen molar-refractivity contribution in [3.63, 3.8) is 0 Å². The first-order valence-electron chi connectivity index (χ1n) is 7.58. The van der Waals surface area contributed by atoms with Gasteiger partial charge in [-0.05, 0) is 17.7 Å². The van der Waals surface area contributed by atoms with E-state index < -0.39 is 0 Å². The van der Waals surface area contributed by atoms with Gasteiger partial charge in [0.05, 0.1) is 12.0 Å². The van der Waals surface area contributed by atoms with Crippen LogP contribution in [-0.2, 0) is 4.79 Å². The van der Waals surface area contributed by atoms with Gasteiger partial charge in [-0.1, -0.05) is 19.1 Å². The number of amides is 1. The van der Waals surface area contributed by atoms with E-state index in [0.29, 0.717) is 17.9 Å². The van der Waals surface area contributed by atoms with Gasteiger partial charge in [-0.2, -0.15) is 5.10 Å². The van der Waals surface area contributed by atoms with E-state index in [9.17, 15) is 4.79 Å².